The summed E-state index contributed by atoms with van der Waals surface area (Å²) in [5.41, 5.74) is 1.91. The van der Waals surface area contributed by atoms with Crippen molar-refractivity contribution in [1.82, 2.24) is 10.2 Å². The Kier molecular flexibility index (Phi) is 11.8. The van der Waals surface area contributed by atoms with Gasteiger partial charge in [0.05, 0.1) is 24.8 Å². The summed E-state index contributed by atoms with van der Waals surface area (Å²) in [6.07, 6.45) is 0.935. The van der Waals surface area contributed by atoms with Crippen molar-refractivity contribution in [1.29, 1.82) is 0 Å². The first-order chi connectivity index (χ1) is 22.2. The lowest BCUT2D eigenvalue weighted by Crippen LogP contribution is -2.54. The van der Waals surface area contributed by atoms with Gasteiger partial charge in [-0.25, -0.2) is 8.42 Å². The summed E-state index contributed by atoms with van der Waals surface area (Å²) < 4.78 is 40.0. The largest absolute Gasteiger partial charge is 0.497 e. The van der Waals surface area contributed by atoms with E-state index in [1.54, 1.807) is 61.7 Å². The van der Waals surface area contributed by atoms with Crippen LogP contribution in [0.5, 0.6) is 11.5 Å². The topological polar surface area (TPSA) is 105 Å². The van der Waals surface area contributed by atoms with Gasteiger partial charge in [0, 0.05) is 19.0 Å². The van der Waals surface area contributed by atoms with E-state index in [1.165, 1.54) is 24.1 Å². The van der Waals surface area contributed by atoms with Crippen LogP contribution in [-0.2, 0) is 32.6 Å². The van der Waals surface area contributed by atoms with Crippen LogP contribution in [0.25, 0.3) is 0 Å². The Labute approximate surface area is 271 Å². The fourth-order valence-corrected chi connectivity index (χ4v) is 6.37. The maximum atomic E-state index is 14.5. The molecule has 4 aromatic carbocycles. The van der Waals surface area contributed by atoms with Gasteiger partial charge in [0.25, 0.3) is 10.0 Å². The predicted molar refractivity (Wildman–Crippen MR) is 179 cm³/mol. The van der Waals surface area contributed by atoms with Crippen LogP contribution >= 0.6 is 0 Å². The molecule has 0 aliphatic heterocycles. The Morgan fingerprint density at radius 2 is 1.39 bits per heavy atom. The molecule has 1 N–H and O–H groups in total. The molecule has 0 bridgehead atoms. The van der Waals surface area contributed by atoms with Gasteiger partial charge < -0.3 is 19.7 Å². The number of sulfonamides is 1. The molecule has 0 aromatic heterocycles. The molecule has 0 saturated heterocycles. The van der Waals surface area contributed by atoms with Crippen LogP contribution in [0.15, 0.2) is 114 Å². The number of anilines is 1. The maximum Gasteiger partial charge on any atom is 0.264 e. The van der Waals surface area contributed by atoms with Crippen LogP contribution in [0.4, 0.5) is 5.69 Å². The minimum absolute atomic E-state index is 0.000326. The Bertz CT molecular complexity index is 1680. The first-order valence-corrected chi connectivity index (χ1v) is 16.6. The quantitative estimate of drug-likeness (QED) is 0.185. The van der Waals surface area contributed by atoms with Crippen molar-refractivity contribution >= 4 is 27.5 Å². The molecule has 4 rings (SSSR count). The van der Waals surface area contributed by atoms with Crippen molar-refractivity contribution in [2.24, 2.45) is 0 Å². The Morgan fingerprint density at radius 3 is 2.00 bits per heavy atom. The number of methoxy groups -OCH3 is 2. The fourth-order valence-electron chi connectivity index (χ4n) is 4.96. The first-order valence-electron chi connectivity index (χ1n) is 15.1. The van der Waals surface area contributed by atoms with E-state index in [0.29, 0.717) is 23.6 Å². The number of nitrogens with zero attached hydrogens (tertiary/aromatic N) is 2. The van der Waals surface area contributed by atoms with Gasteiger partial charge >= 0.3 is 0 Å². The van der Waals surface area contributed by atoms with Gasteiger partial charge in [-0.1, -0.05) is 67.6 Å². The fraction of sp³-hybridized carbons (Fsp3) is 0.278. The highest BCUT2D eigenvalue weighted by Crippen LogP contribution is 2.26. The predicted octanol–water partition coefficient (Wildman–Crippen LogP) is 5.45. The van der Waals surface area contributed by atoms with E-state index in [4.69, 9.17) is 9.47 Å². The van der Waals surface area contributed by atoms with E-state index < -0.39 is 28.5 Å². The molecule has 0 spiro atoms. The van der Waals surface area contributed by atoms with Crippen LogP contribution in [0, 0.1) is 0 Å². The number of nitrogens with one attached hydrogen (secondary N) is 1. The second kappa shape index (κ2) is 15.9. The molecule has 0 fully saturated rings. The monoisotopic (exact) mass is 643 g/mol. The van der Waals surface area contributed by atoms with Crippen molar-refractivity contribution < 1.29 is 27.5 Å². The average molecular weight is 644 g/mol. The second-order valence-corrected chi connectivity index (χ2v) is 12.8. The number of rotatable bonds is 15. The molecule has 9 nitrogen and oxygen atoms in total. The normalized spacial score (nSPS) is 12.4. The molecular weight excluding hydrogens is 602 g/mol. The molecular formula is C36H41N3O6S. The first kappa shape index (κ1) is 34.1. The maximum absolute atomic E-state index is 14.5. The molecule has 242 valence electrons. The highest BCUT2D eigenvalue weighted by Gasteiger charge is 2.35. The molecule has 0 radical (unpaired) electrons. The number of hydrogen-bond donors (Lipinski definition) is 1. The lowest BCUT2D eigenvalue weighted by Gasteiger charge is -2.34. The minimum atomic E-state index is -4.21. The Balaban J connectivity index is 1.80. The van der Waals surface area contributed by atoms with Crippen LogP contribution in [0.2, 0.25) is 0 Å². The summed E-state index contributed by atoms with van der Waals surface area (Å²) in [6, 6.07) is 30.1. The van der Waals surface area contributed by atoms with E-state index in [-0.39, 0.29) is 29.8 Å². The number of ether oxygens (including phenoxy) is 2. The molecule has 0 saturated carbocycles. The number of carbonyl (C=O) groups excluding carboxylic acids is 2. The highest BCUT2D eigenvalue weighted by molar-refractivity contribution is 7.92. The number of hydrogen-bond acceptors (Lipinski definition) is 6. The van der Waals surface area contributed by atoms with Crippen LogP contribution in [0.3, 0.4) is 0 Å². The summed E-state index contributed by atoms with van der Waals surface area (Å²) in [5, 5.41) is 3.04. The summed E-state index contributed by atoms with van der Waals surface area (Å²) >= 11 is 0. The van der Waals surface area contributed by atoms with Gasteiger partial charge in [-0.2, -0.15) is 0 Å². The highest BCUT2D eigenvalue weighted by atomic mass is 32.2. The molecule has 4 aromatic rings. The summed E-state index contributed by atoms with van der Waals surface area (Å²) in [4.78, 5) is 30.0. The summed E-state index contributed by atoms with van der Waals surface area (Å²) in [6.45, 7) is 3.39. The smallest absolute Gasteiger partial charge is 0.264 e. The third kappa shape index (κ3) is 8.66. The van der Waals surface area contributed by atoms with E-state index in [2.05, 4.69) is 5.32 Å². The zero-order valence-corrected chi connectivity index (χ0v) is 27.4. The number of carbonyl (C=O) groups is 2. The third-order valence-corrected chi connectivity index (χ3v) is 9.52. The van der Waals surface area contributed by atoms with Gasteiger partial charge in [0.2, 0.25) is 11.8 Å². The molecule has 2 atom stereocenters. The minimum Gasteiger partial charge on any atom is -0.497 e. The van der Waals surface area contributed by atoms with Crippen LogP contribution in [0.1, 0.15) is 31.4 Å². The summed E-state index contributed by atoms with van der Waals surface area (Å²) in [7, 11) is -1.15. The van der Waals surface area contributed by atoms with Crippen molar-refractivity contribution in [2.75, 3.05) is 25.1 Å². The second-order valence-electron chi connectivity index (χ2n) is 10.9. The zero-order valence-electron chi connectivity index (χ0n) is 26.6. The average Bonchev–Trinajstić information content (AvgIpc) is 3.09. The molecule has 0 aliphatic carbocycles. The number of benzene rings is 4. The lowest BCUT2D eigenvalue weighted by molar-refractivity contribution is -0.140. The van der Waals surface area contributed by atoms with E-state index in [1.807, 2.05) is 56.3 Å². The van der Waals surface area contributed by atoms with Gasteiger partial charge in [0.1, 0.15) is 24.1 Å². The Hall–Kier alpha value is -4.83. The standard InChI is InChI=1S/C36H41N3O6S/c1-5-27(2)37-36(41)34(24-28-13-8-6-9-14-28)38(25-29-15-12-18-32(23-29)45-4)35(40)26-39(30-16-10-7-11-17-30)46(42,43)33-21-19-31(44-3)20-22-33/h6-23,27,34H,5,24-26H2,1-4H3,(H,37,41)/t27-,34+/m0/s1. The van der Waals surface area contributed by atoms with E-state index in [0.717, 1.165) is 15.4 Å². The molecule has 0 unspecified atom stereocenters. The van der Waals surface area contributed by atoms with E-state index >= 15 is 0 Å². The van der Waals surface area contributed by atoms with Gasteiger partial charge in [-0.3, -0.25) is 13.9 Å². The molecule has 46 heavy (non-hydrogen) atoms. The van der Waals surface area contributed by atoms with Gasteiger partial charge in [0.15, 0.2) is 0 Å². The van der Waals surface area contributed by atoms with Crippen molar-refractivity contribution in [2.45, 2.75) is 50.2 Å². The lowest BCUT2D eigenvalue weighted by atomic mass is 10.0. The molecule has 0 aliphatic rings. The van der Waals surface area contributed by atoms with Gasteiger partial charge in [-0.05, 0) is 73.0 Å². The van der Waals surface area contributed by atoms with Gasteiger partial charge in [-0.15, -0.1) is 0 Å². The Morgan fingerprint density at radius 1 is 0.783 bits per heavy atom. The van der Waals surface area contributed by atoms with Crippen LogP contribution < -0.4 is 19.1 Å². The SMILES string of the molecule is CC[C@H](C)NC(=O)[C@@H](Cc1ccccc1)N(Cc1cccc(OC)c1)C(=O)CN(c1ccccc1)S(=O)(=O)c1ccc(OC)cc1. The van der Waals surface area contributed by atoms with Crippen molar-refractivity contribution in [3.63, 3.8) is 0 Å². The molecule has 0 heterocycles. The van der Waals surface area contributed by atoms with Crippen molar-refractivity contribution in [3.8, 4) is 11.5 Å². The number of para-hydroxylation sites is 1. The summed E-state index contributed by atoms with van der Waals surface area (Å²) in [5.74, 6) is 0.242. The molecule has 2 amide bonds. The zero-order chi connectivity index (χ0) is 33.1. The van der Waals surface area contributed by atoms with E-state index in [9.17, 15) is 18.0 Å². The van der Waals surface area contributed by atoms with Crippen molar-refractivity contribution in [3.05, 3.63) is 120 Å². The molecule has 10 heteroatoms. The number of amides is 2. The third-order valence-electron chi connectivity index (χ3n) is 7.73. The van der Waals surface area contributed by atoms with Crippen LogP contribution in [-0.4, -0.2) is 58.0 Å².